The number of imidazole rings is 1. The molecule has 0 unspecified atom stereocenters. The molecule has 4 rings (SSSR count). The summed E-state index contributed by atoms with van der Waals surface area (Å²) in [7, 11) is 0. The number of H-pyrrole nitrogens is 2. The first kappa shape index (κ1) is 16.9. The Morgan fingerprint density at radius 2 is 2.07 bits per heavy atom. The summed E-state index contributed by atoms with van der Waals surface area (Å²) in [6.45, 7) is 0. The number of hydrogen-bond acceptors (Lipinski definition) is 8. The van der Waals surface area contributed by atoms with E-state index >= 15 is 0 Å². The standard InChI is InChI=1S/C17H11N9O2/c18-8-11(17-22-24-25-23-17)9-19-12-3-1-10(2-4-12)16-20-14-6-5-13(26(27)28)7-15(14)21-16/h1-7,9,19H,(H,20,21)(H,22,23,24,25). The van der Waals surface area contributed by atoms with Crippen LogP contribution in [0.5, 0.6) is 0 Å². The van der Waals surface area contributed by atoms with Crippen molar-refractivity contribution in [1.29, 1.82) is 5.26 Å². The first-order valence-corrected chi connectivity index (χ1v) is 7.99. The third kappa shape index (κ3) is 3.25. The summed E-state index contributed by atoms with van der Waals surface area (Å²) in [6, 6.07) is 13.8. The maximum absolute atomic E-state index is 10.9. The summed E-state index contributed by atoms with van der Waals surface area (Å²) >= 11 is 0. The van der Waals surface area contributed by atoms with E-state index in [9.17, 15) is 10.1 Å². The number of anilines is 1. The highest BCUT2D eigenvalue weighted by molar-refractivity contribution is 5.81. The number of nitrogens with zero attached hydrogens (tertiary/aromatic N) is 6. The molecule has 11 nitrogen and oxygen atoms in total. The number of fused-ring (bicyclic) bond motifs is 1. The molecule has 0 fully saturated rings. The molecule has 28 heavy (non-hydrogen) atoms. The zero-order valence-corrected chi connectivity index (χ0v) is 14.1. The smallest absolute Gasteiger partial charge is 0.271 e. The van der Waals surface area contributed by atoms with Crippen molar-refractivity contribution in [3.63, 3.8) is 0 Å². The molecule has 0 spiro atoms. The molecule has 11 heteroatoms. The highest BCUT2D eigenvalue weighted by Gasteiger charge is 2.11. The Morgan fingerprint density at radius 3 is 2.75 bits per heavy atom. The van der Waals surface area contributed by atoms with Gasteiger partial charge in [0, 0.05) is 29.6 Å². The van der Waals surface area contributed by atoms with E-state index in [2.05, 4.69) is 35.9 Å². The fourth-order valence-corrected chi connectivity index (χ4v) is 2.55. The molecule has 0 radical (unpaired) electrons. The lowest BCUT2D eigenvalue weighted by Crippen LogP contribution is -1.93. The second-order valence-electron chi connectivity index (χ2n) is 5.67. The molecule has 0 saturated heterocycles. The number of hydrogen-bond donors (Lipinski definition) is 3. The molecule has 3 N–H and O–H groups in total. The van der Waals surface area contributed by atoms with Crippen molar-refractivity contribution in [3.8, 4) is 17.5 Å². The van der Waals surface area contributed by atoms with Crippen LogP contribution in [0, 0.1) is 21.4 Å². The Morgan fingerprint density at radius 1 is 1.25 bits per heavy atom. The zero-order chi connectivity index (χ0) is 19.5. The number of aromatic amines is 2. The van der Waals surface area contributed by atoms with Gasteiger partial charge in [0.15, 0.2) is 0 Å². The molecule has 2 aromatic heterocycles. The maximum Gasteiger partial charge on any atom is 0.271 e. The summed E-state index contributed by atoms with van der Waals surface area (Å²) in [6.07, 6.45) is 1.49. The van der Waals surface area contributed by atoms with Crippen LogP contribution in [0.2, 0.25) is 0 Å². The number of allylic oxidation sites excluding steroid dienone is 1. The lowest BCUT2D eigenvalue weighted by Gasteiger charge is -2.02. The van der Waals surface area contributed by atoms with E-state index in [1.807, 2.05) is 30.3 Å². The van der Waals surface area contributed by atoms with Gasteiger partial charge in [-0.15, -0.1) is 10.2 Å². The number of nitrogens with one attached hydrogen (secondary N) is 3. The molecule has 0 aliphatic rings. The highest BCUT2D eigenvalue weighted by atomic mass is 16.6. The lowest BCUT2D eigenvalue weighted by molar-refractivity contribution is -0.384. The Kier molecular flexibility index (Phi) is 4.19. The first-order chi connectivity index (χ1) is 13.6. The Labute approximate surface area is 156 Å². The second kappa shape index (κ2) is 6.96. The lowest BCUT2D eigenvalue weighted by atomic mass is 10.2. The van der Waals surface area contributed by atoms with Crippen LogP contribution in [0.25, 0.3) is 28.0 Å². The van der Waals surface area contributed by atoms with E-state index in [1.165, 1.54) is 18.3 Å². The minimum Gasteiger partial charge on any atom is -0.360 e. The number of tetrazole rings is 1. The molecular weight excluding hydrogens is 362 g/mol. The van der Waals surface area contributed by atoms with Gasteiger partial charge < -0.3 is 10.3 Å². The van der Waals surface area contributed by atoms with Gasteiger partial charge in [0.2, 0.25) is 5.82 Å². The summed E-state index contributed by atoms with van der Waals surface area (Å²) < 4.78 is 0. The maximum atomic E-state index is 10.9. The SMILES string of the molecule is N#CC(=CNc1ccc(-c2nc3ccc([N+](=O)[O-])cc3[nH]2)cc1)c1nn[nH]n1. The van der Waals surface area contributed by atoms with Crippen LogP contribution >= 0.6 is 0 Å². The molecule has 136 valence electrons. The monoisotopic (exact) mass is 373 g/mol. The van der Waals surface area contributed by atoms with Crippen molar-refractivity contribution in [2.45, 2.75) is 0 Å². The number of benzene rings is 2. The van der Waals surface area contributed by atoms with Gasteiger partial charge >= 0.3 is 0 Å². The van der Waals surface area contributed by atoms with Crippen molar-refractivity contribution in [2.75, 3.05) is 5.32 Å². The fourth-order valence-electron chi connectivity index (χ4n) is 2.55. The quantitative estimate of drug-likeness (QED) is 0.273. The number of nitro groups is 1. The molecular formula is C17H11N9O2. The van der Waals surface area contributed by atoms with Gasteiger partial charge in [0.1, 0.15) is 17.5 Å². The van der Waals surface area contributed by atoms with Crippen LogP contribution in [0.3, 0.4) is 0 Å². The normalized spacial score (nSPS) is 11.3. The van der Waals surface area contributed by atoms with Crippen LogP contribution < -0.4 is 5.32 Å². The summed E-state index contributed by atoms with van der Waals surface area (Å²) in [5.74, 6) is 0.796. The molecule has 4 aromatic rings. The second-order valence-corrected chi connectivity index (χ2v) is 5.67. The Hall–Kier alpha value is -4.59. The fraction of sp³-hybridized carbons (Fsp3) is 0. The van der Waals surface area contributed by atoms with Crippen LogP contribution in [0.1, 0.15) is 5.82 Å². The Bertz CT molecular complexity index is 1220. The van der Waals surface area contributed by atoms with Gasteiger partial charge in [0.25, 0.3) is 5.69 Å². The molecule has 0 atom stereocenters. The van der Waals surface area contributed by atoms with E-state index in [4.69, 9.17) is 5.26 Å². The van der Waals surface area contributed by atoms with Gasteiger partial charge in [-0.1, -0.05) is 0 Å². The third-order valence-electron chi connectivity index (χ3n) is 3.92. The van der Waals surface area contributed by atoms with E-state index in [0.29, 0.717) is 16.9 Å². The molecule has 0 amide bonds. The van der Waals surface area contributed by atoms with Gasteiger partial charge in [-0.05, 0) is 35.5 Å². The minimum atomic E-state index is -0.446. The van der Waals surface area contributed by atoms with Crippen LogP contribution in [-0.2, 0) is 0 Å². The molecule has 2 aromatic carbocycles. The molecule has 0 aliphatic heterocycles. The van der Waals surface area contributed by atoms with Crippen molar-refractivity contribution in [3.05, 3.63) is 64.6 Å². The van der Waals surface area contributed by atoms with Crippen LogP contribution in [0.4, 0.5) is 11.4 Å². The average Bonchev–Trinajstić information content (AvgIpc) is 3.38. The summed E-state index contributed by atoms with van der Waals surface area (Å²) in [4.78, 5) is 18.0. The zero-order valence-electron chi connectivity index (χ0n) is 14.1. The largest absolute Gasteiger partial charge is 0.360 e. The van der Waals surface area contributed by atoms with Gasteiger partial charge in [0.05, 0.1) is 16.0 Å². The van der Waals surface area contributed by atoms with Crippen LogP contribution in [-0.4, -0.2) is 35.5 Å². The van der Waals surface area contributed by atoms with E-state index in [1.54, 1.807) is 6.07 Å². The number of aromatic nitrogens is 6. The van der Waals surface area contributed by atoms with Crippen molar-refractivity contribution < 1.29 is 4.92 Å². The summed E-state index contributed by atoms with van der Waals surface area (Å²) in [5.41, 5.74) is 3.03. The van der Waals surface area contributed by atoms with E-state index in [0.717, 1.165) is 11.3 Å². The molecule has 0 aliphatic carbocycles. The highest BCUT2D eigenvalue weighted by Crippen LogP contribution is 2.25. The molecule has 0 saturated carbocycles. The van der Waals surface area contributed by atoms with Crippen molar-refractivity contribution in [1.82, 2.24) is 30.6 Å². The van der Waals surface area contributed by atoms with Gasteiger partial charge in [-0.25, -0.2) is 4.98 Å². The van der Waals surface area contributed by atoms with Crippen LogP contribution in [0.15, 0.2) is 48.7 Å². The minimum absolute atomic E-state index is 0.00364. The predicted molar refractivity (Wildman–Crippen MR) is 99.6 cm³/mol. The third-order valence-corrected chi connectivity index (χ3v) is 3.92. The Balaban J connectivity index is 1.55. The predicted octanol–water partition coefficient (Wildman–Crippen LogP) is 2.63. The van der Waals surface area contributed by atoms with Crippen molar-refractivity contribution >= 4 is 28.0 Å². The number of nitro benzene ring substituents is 1. The van der Waals surface area contributed by atoms with Gasteiger partial charge in [-0.3, -0.25) is 10.1 Å². The summed E-state index contributed by atoms with van der Waals surface area (Å²) in [5, 5.41) is 36.3. The number of nitriles is 1. The topological polar surface area (TPSA) is 162 Å². The van der Waals surface area contributed by atoms with Crippen molar-refractivity contribution in [2.24, 2.45) is 0 Å². The number of non-ortho nitro benzene ring substituents is 1. The van der Waals surface area contributed by atoms with E-state index in [-0.39, 0.29) is 17.1 Å². The number of rotatable bonds is 5. The first-order valence-electron chi connectivity index (χ1n) is 7.99. The van der Waals surface area contributed by atoms with Gasteiger partial charge in [-0.2, -0.15) is 10.5 Å². The molecule has 0 bridgehead atoms. The molecule has 2 heterocycles. The average molecular weight is 373 g/mol. The van der Waals surface area contributed by atoms with E-state index < -0.39 is 4.92 Å².